The van der Waals surface area contributed by atoms with E-state index in [0.29, 0.717) is 0 Å². The minimum Gasteiger partial charge on any atom is -0.265 e. The third kappa shape index (κ3) is 2.16. The molecule has 3 aromatic rings. The van der Waals surface area contributed by atoms with E-state index in [1.807, 2.05) is 36.7 Å². The maximum absolute atomic E-state index is 4.03. The molecular formula is C17H12N. The van der Waals surface area contributed by atoms with Gasteiger partial charge in [-0.3, -0.25) is 4.98 Å². The molecule has 0 aliphatic rings. The maximum Gasteiger partial charge on any atom is 0.0273 e. The van der Waals surface area contributed by atoms with Crippen molar-refractivity contribution < 1.29 is 0 Å². The zero-order valence-electron chi connectivity index (χ0n) is 9.88. The molecule has 0 N–H and O–H groups in total. The first kappa shape index (κ1) is 10.7. The van der Waals surface area contributed by atoms with Gasteiger partial charge < -0.3 is 0 Å². The SMILES string of the molecule is [c]1ccc(-c2ccc(-c3ccncc3)cc2)cc1. The number of benzene rings is 2. The van der Waals surface area contributed by atoms with E-state index in [4.69, 9.17) is 0 Å². The first-order valence-corrected chi connectivity index (χ1v) is 5.90. The van der Waals surface area contributed by atoms with E-state index < -0.39 is 0 Å². The summed E-state index contributed by atoms with van der Waals surface area (Å²) in [5.74, 6) is 0. The fourth-order valence-electron chi connectivity index (χ4n) is 1.98. The molecular weight excluding hydrogens is 218 g/mol. The summed E-state index contributed by atoms with van der Waals surface area (Å²) in [7, 11) is 0. The monoisotopic (exact) mass is 230 g/mol. The highest BCUT2D eigenvalue weighted by Gasteiger charge is 1.99. The van der Waals surface area contributed by atoms with Crippen LogP contribution in [-0.2, 0) is 0 Å². The fraction of sp³-hybridized carbons (Fsp3) is 0. The van der Waals surface area contributed by atoms with Crippen molar-refractivity contribution in [1.82, 2.24) is 4.98 Å². The van der Waals surface area contributed by atoms with E-state index in [2.05, 4.69) is 47.4 Å². The van der Waals surface area contributed by atoms with Crippen molar-refractivity contribution in [3.8, 4) is 22.3 Å². The van der Waals surface area contributed by atoms with Gasteiger partial charge in [-0.15, -0.1) is 0 Å². The van der Waals surface area contributed by atoms with E-state index >= 15 is 0 Å². The number of hydrogen-bond acceptors (Lipinski definition) is 1. The Morgan fingerprint density at radius 2 is 1.00 bits per heavy atom. The number of rotatable bonds is 2. The van der Waals surface area contributed by atoms with E-state index in [0.717, 1.165) is 0 Å². The molecule has 1 heteroatoms. The summed E-state index contributed by atoms with van der Waals surface area (Å²) in [6.45, 7) is 0. The van der Waals surface area contributed by atoms with Crippen LogP contribution in [0.2, 0.25) is 0 Å². The van der Waals surface area contributed by atoms with Crippen LogP contribution in [0.1, 0.15) is 0 Å². The summed E-state index contributed by atoms with van der Waals surface area (Å²) in [5.41, 5.74) is 4.85. The standard InChI is InChI=1S/C17H12N/c1-2-4-14(5-3-1)15-6-8-16(9-7-15)17-10-12-18-13-11-17/h2-13H. The molecule has 1 nitrogen and oxygen atoms in total. The van der Waals surface area contributed by atoms with Crippen molar-refractivity contribution in [1.29, 1.82) is 0 Å². The summed E-state index contributed by atoms with van der Waals surface area (Å²) < 4.78 is 0. The highest BCUT2D eigenvalue weighted by molar-refractivity contribution is 5.69. The second-order valence-electron chi connectivity index (χ2n) is 4.10. The van der Waals surface area contributed by atoms with Crippen LogP contribution in [0.5, 0.6) is 0 Å². The molecule has 0 fully saturated rings. The molecule has 3 rings (SSSR count). The Bertz CT molecular complexity index is 554. The Kier molecular flexibility index (Phi) is 2.89. The van der Waals surface area contributed by atoms with Crippen LogP contribution in [-0.4, -0.2) is 4.98 Å². The average molecular weight is 230 g/mol. The van der Waals surface area contributed by atoms with Crippen molar-refractivity contribution in [2.75, 3.05) is 0 Å². The van der Waals surface area contributed by atoms with Crippen molar-refractivity contribution in [3.63, 3.8) is 0 Å². The Balaban J connectivity index is 1.95. The fourth-order valence-corrected chi connectivity index (χ4v) is 1.98. The Hall–Kier alpha value is -2.41. The van der Waals surface area contributed by atoms with Gasteiger partial charge in [-0.2, -0.15) is 0 Å². The summed E-state index contributed by atoms with van der Waals surface area (Å²) in [6.07, 6.45) is 3.63. The zero-order chi connectivity index (χ0) is 12.2. The smallest absolute Gasteiger partial charge is 0.0273 e. The average Bonchev–Trinajstić information content (AvgIpc) is 2.49. The predicted molar refractivity (Wildman–Crippen MR) is 73.9 cm³/mol. The zero-order valence-corrected chi connectivity index (χ0v) is 9.88. The van der Waals surface area contributed by atoms with E-state index in [1.54, 1.807) is 0 Å². The lowest BCUT2D eigenvalue weighted by molar-refractivity contribution is 1.33. The van der Waals surface area contributed by atoms with Gasteiger partial charge in [-0.1, -0.05) is 48.5 Å². The molecule has 0 bridgehead atoms. The summed E-state index contributed by atoms with van der Waals surface area (Å²) in [5, 5.41) is 0. The molecule has 0 aliphatic heterocycles. The highest BCUT2D eigenvalue weighted by atomic mass is 14.6. The third-order valence-corrected chi connectivity index (χ3v) is 2.95. The van der Waals surface area contributed by atoms with Crippen molar-refractivity contribution in [2.24, 2.45) is 0 Å². The van der Waals surface area contributed by atoms with Crippen molar-refractivity contribution in [2.45, 2.75) is 0 Å². The molecule has 85 valence electrons. The van der Waals surface area contributed by atoms with E-state index in [1.165, 1.54) is 22.3 Å². The van der Waals surface area contributed by atoms with E-state index in [-0.39, 0.29) is 0 Å². The Morgan fingerprint density at radius 3 is 1.56 bits per heavy atom. The molecule has 0 saturated carbocycles. The molecule has 2 aromatic carbocycles. The lowest BCUT2D eigenvalue weighted by atomic mass is 10.0. The largest absolute Gasteiger partial charge is 0.265 e. The molecule has 0 unspecified atom stereocenters. The van der Waals surface area contributed by atoms with Gasteiger partial charge in [0.1, 0.15) is 0 Å². The highest BCUT2D eigenvalue weighted by Crippen LogP contribution is 2.23. The lowest BCUT2D eigenvalue weighted by Crippen LogP contribution is -1.80. The Morgan fingerprint density at radius 1 is 0.556 bits per heavy atom. The minimum atomic E-state index is 1.19. The molecule has 0 spiro atoms. The topological polar surface area (TPSA) is 12.9 Å². The quantitative estimate of drug-likeness (QED) is 0.642. The van der Waals surface area contributed by atoms with Gasteiger partial charge in [-0.25, -0.2) is 0 Å². The van der Waals surface area contributed by atoms with Crippen molar-refractivity contribution in [3.05, 3.63) is 79.1 Å². The van der Waals surface area contributed by atoms with Gasteiger partial charge in [0.2, 0.25) is 0 Å². The van der Waals surface area contributed by atoms with Crippen LogP contribution < -0.4 is 0 Å². The molecule has 0 saturated heterocycles. The van der Waals surface area contributed by atoms with Crippen LogP contribution >= 0.6 is 0 Å². The molecule has 1 radical (unpaired) electrons. The molecule has 0 atom stereocenters. The molecule has 0 aliphatic carbocycles. The van der Waals surface area contributed by atoms with Gasteiger partial charge in [-0.05, 0) is 40.5 Å². The van der Waals surface area contributed by atoms with Gasteiger partial charge in [0.15, 0.2) is 0 Å². The lowest BCUT2D eigenvalue weighted by Gasteiger charge is -2.04. The van der Waals surface area contributed by atoms with Crippen LogP contribution in [0, 0.1) is 6.07 Å². The number of hydrogen-bond donors (Lipinski definition) is 0. The summed E-state index contributed by atoms with van der Waals surface area (Å²) >= 11 is 0. The first-order chi connectivity index (χ1) is 8.93. The summed E-state index contributed by atoms with van der Waals surface area (Å²) in [6, 6.07) is 23.7. The first-order valence-electron chi connectivity index (χ1n) is 5.90. The second kappa shape index (κ2) is 4.84. The number of pyridine rings is 1. The van der Waals surface area contributed by atoms with Crippen LogP contribution in [0.3, 0.4) is 0 Å². The van der Waals surface area contributed by atoms with Gasteiger partial charge in [0, 0.05) is 12.4 Å². The maximum atomic E-state index is 4.03. The van der Waals surface area contributed by atoms with Gasteiger partial charge in [0.05, 0.1) is 0 Å². The third-order valence-electron chi connectivity index (χ3n) is 2.95. The Labute approximate surface area is 107 Å². The molecule has 1 aromatic heterocycles. The second-order valence-corrected chi connectivity index (χ2v) is 4.10. The predicted octanol–water partition coefficient (Wildman–Crippen LogP) is 4.22. The normalized spacial score (nSPS) is 10.2. The van der Waals surface area contributed by atoms with Crippen LogP contribution in [0.4, 0.5) is 0 Å². The van der Waals surface area contributed by atoms with Gasteiger partial charge >= 0.3 is 0 Å². The summed E-state index contributed by atoms with van der Waals surface area (Å²) in [4.78, 5) is 4.03. The van der Waals surface area contributed by atoms with Gasteiger partial charge in [0.25, 0.3) is 0 Å². The number of nitrogens with zero attached hydrogens (tertiary/aromatic N) is 1. The number of aromatic nitrogens is 1. The minimum absolute atomic E-state index is 1.19. The van der Waals surface area contributed by atoms with Crippen LogP contribution in [0.25, 0.3) is 22.3 Å². The van der Waals surface area contributed by atoms with E-state index in [9.17, 15) is 0 Å². The molecule has 18 heavy (non-hydrogen) atoms. The molecule has 0 amide bonds. The van der Waals surface area contributed by atoms with Crippen LogP contribution in [0.15, 0.2) is 73.1 Å². The van der Waals surface area contributed by atoms with Crippen molar-refractivity contribution >= 4 is 0 Å². The molecule has 1 heterocycles.